The lowest BCUT2D eigenvalue weighted by Crippen LogP contribution is -2.61. The van der Waals surface area contributed by atoms with Gasteiger partial charge in [-0.1, -0.05) is 23.2 Å². The minimum atomic E-state index is -2.34. The summed E-state index contributed by atoms with van der Waals surface area (Å²) in [6.45, 7) is 0. The molecule has 2 atom stereocenters. The molecule has 1 aliphatic rings. The third-order valence-corrected chi connectivity index (χ3v) is 4.39. The number of alkyl halides is 1. The largest absolute Gasteiger partial charge is 0.424 e. The number of nitrogen functional groups attached to an aromatic ring is 1. The van der Waals surface area contributed by atoms with Crippen LogP contribution in [0, 0.1) is 0 Å². The van der Waals surface area contributed by atoms with Crippen molar-refractivity contribution < 1.29 is 30.0 Å². The lowest BCUT2D eigenvalue weighted by Gasteiger charge is -2.42. The number of benzene rings is 1. The number of ether oxygens (including phenoxy) is 1. The van der Waals surface area contributed by atoms with Gasteiger partial charge in [0.1, 0.15) is 18.0 Å². The Bertz CT molecular complexity index is 580. The van der Waals surface area contributed by atoms with Crippen molar-refractivity contribution in [3.05, 3.63) is 23.2 Å². The van der Waals surface area contributed by atoms with Crippen LogP contribution < -0.4 is 10.5 Å². The molecule has 1 saturated carbocycles. The molecule has 1 aliphatic carbocycles. The molecule has 0 heterocycles. The molecule has 0 aliphatic heterocycles. The van der Waals surface area contributed by atoms with E-state index < -0.39 is 41.7 Å². The molecule has 0 spiro atoms. The van der Waals surface area contributed by atoms with Crippen LogP contribution >= 0.6 is 23.2 Å². The molecule has 1 aromatic carbocycles. The van der Waals surface area contributed by atoms with Crippen molar-refractivity contribution in [3.63, 3.8) is 0 Å². The van der Waals surface area contributed by atoms with Gasteiger partial charge in [-0.3, -0.25) is 0 Å². The summed E-state index contributed by atoms with van der Waals surface area (Å²) in [5.74, 6) is -1.08. The summed E-state index contributed by atoms with van der Waals surface area (Å²) in [7, 11) is 0. The maximum Gasteiger partial charge on any atom is 0.343 e. The first kappa shape index (κ1) is 17.3. The topological polar surface area (TPSA) is 133 Å². The van der Waals surface area contributed by atoms with Crippen molar-refractivity contribution in [2.24, 2.45) is 0 Å². The fourth-order valence-electron chi connectivity index (χ4n) is 2.17. The first-order chi connectivity index (χ1) is 10.1. The lowest BCUT2D eigenvalue weighted by molar-refractivity contribution is -0.193. The number of nitrogens with two attached hydrogens (primary N) is 1. The summed E-state index contributed by atoms with van der Waals surface area (Å²) < 4.78 is 4.98. The van der Waals surface area contributed by atoms with E-state index in [2.05, 4.69) is 0 Å². The number of rotatable bonds is 2. The van der Waals surface area contributed by atoms with E-state index in [4.69, 9.17) is 33.7 Å². The van der Waals surface area contributed by atoms with Gasteiger partial charge >= 0.3 is 5.97 Å². The molecule has 0 bridgehead atoms. The van der Waals surface area contributed by atoms with Gasteiger partial charge in [-0.15, -0.1) is 0 Å². The van der Waals surface area contributed by atoms with E-state index in [1.807, 2.05) is 0 Å². The number of aliphatic hydroxyl groups is 4. The highest BCUT2D eigenvalue weighted by Gasteiger charge is 2.56. The Labute approximate surface area is 135 Å². The van der Waals surface area contributed by atoms with Crippen molar-refractivity contribution in [3.8, 4) is 5.75 Å². The minimum Gasteiger partial charge on any atom is -0.424 e. The van der Waals surface area contributed by atoms with Crippen LogP contribution in [-0.2, 0) is 4.79 Å². The van der Waals surface area contributed by atoms with Gasteiger partial charge in [-0.2, -0.15) is 0 Å². The Morgan fingerprint density at radius 2 is 1.82 bits per heavy atom. The molecule has 0 amide bonds. The number of esters is 1. The summed E-state index contributed by atoms with van der Waals surface area (Å²) in [6.07, 6.45) is -4.62. The smallest absolute Gasteiger partial charge is 0.343 e. The molecule has 0 saturated heterocycles. The fourth-order valence-corrected chi connectivity index (χ4v) is 2.50. The SMILES string of the molecule is Nc1ccc(OC(=O)C2(O)C[C@@H](O)C(O)(Cl)[C@H](O)C2)cc1Cl. The molecule has 0 radical (unpaired) electrons. The first-order valence-electron chi connectivity index (χ1n) is 6.33. The van der Waals surface area contributed by atoms with Gasteiger partial charge in [0, 0.05) is 18.9 Å². The average Bonchev–Trinajstić information content (AvgIpc) is 2.41. The number of hydrogen-bond acceptors (Lipinski definition) is 7. The molecule has 2 rings (SSSR count). The first-order valence-corrected chi connectivity index (χ1v) is 7.09. The highest BCUT2D eigenvalue weighted by molar-refractivity contribution is 6.33. The van der Waals surface area contributed by atoms with E-state index in [9.17, 15) is 25.2 Å². The number of carbonyl (C=O) groups is 1. The van der Waals surface area contributed by atoms with E-state index in [0.29, 0.717) is 0 Å². The predicted octanol–water partition coefficient (Wildman–Crippen LogP) is 0.00170. The van der Waals surface area contributed by atoms with Gasteiger partial charge in [0.15, 0.2) is 10.7 Å². The van der Waals surface area contributed by atoms with Crippen molar-refractivity contribution in [2.75, 3.05) is 5.73 Å². The Morgan fingerprint density at radius 1 is 1.27 bits per heavy atom. The minimum absolute atomic E-state index is 0.0355. The maximum absolute atomic E-state index is 12.1. The molecule has 122 valence electrons. The van der Waals surface area contributed by atoms with Crippen LogP contribution in [0.15, 0.2) is 18.2 Å². The van der Waals surface area contributed by atoms with E-state index in [-0.39, 0.29) is 16.5 Å². The van der Waals surface area contributed by atoms with E-state index in [1.165, 1.54) is 18.2 Å². The Hall–Kier alpha value is -1.09. The van der Waals surface area contributed by atoms with E-state index >= 15 is 0 Å². The van der Waals surface area contributed by atoms with Crippen LogP contribution in [-0.4, -0.2) is 49.3 Å². The highest BCUT2D eigenvalue weighted by Crippen LogP contribution is 2.39. The standard InChI is InChI=1S/C13H15Cl2NO6/c14-7-3-6(1-2-8(7)16)22-11(19)12(20)4-9(17)13(15,21)10(18)5-12/h1-3,9-10,17-18,20-21H,4-5,16H2/t9-,10-,12?,13?/m1/s1. The van der Waals surface area contributed by atoms with Crippen LogP contribution in [0.5, 0.6) is 5.75 Å². The summed E-state index contributed by atoms with van der Waals surface area (Å²) in [5.41, 5.74) is 3.61. The molecular weight excluding hydrogens is 337 g/mol. The molecule has 7 nitrogen and oxygen atoms in total. The zero-order chi connectivity index (χ0) is 16.7. The van der Waals surface area contributed by atoms with Gasteiger partial charge < -0.3 is 30.9 Å². The van der Waals surface area contributed by atoms with Gasteiger partial charge in [0.2, 0.25) is 0 Å². The molecule has 22 heavy (non-hydrogen) atoms. The maximum atomic E-state index is 12.1. The van der Waals surface area contributed by atoms with Gasteiger partial charge in [-0.25, -0.2) is 4.79 Å². The number of halogens is 2. The second kappa shape index (κ2) is 5.84. The molecule has 1 aromatic rings. The van der Waals surface area contributed by atoms with Crippen molar-refractivity contribution in [2.45, 2.75) is 35.7 Å². The second-order valence-corrected chi connectivity index (χ2v) is 6.28. The number of carbonyl (C=O) groups excluding carboxylic acids is 1. The Morgan fingerprint density at radius 3 is 2.32 bits per heavy atom. The van der Waals surface area contributed by atoms with E-state index in [0.717, 1.165) is 0 Å². The van der Waals surface area contributed by atoms with E-state index in [1.54, 1.807) is 0 Å². The molecular formula is C13H15Cl2NO6. The normalized spacial score (nSPS) is 35.2. The molecule has 1 fully saturated rings. The lowest BCUT2D eigenvalue weighted by atomic mass is 9.79. The summed E-state index contributed by atoms with van der Waals surface area (Å²) in [6, 6.07) is 4.07. The average molecular weight is 352 g/mol. The number of aliphatic hydroxyl groups excluding tert-OH is 2. The second-order valence-electron chi connectivity index (χ2n) is 5.27. The third kappa shape index (κ3) is 3.15. The number of anilines is 1. The van der Waals surface area contributed by atoms with Crippen LogP contribution in [0.3, 0.4) is 0 Å². The van der Waals surface area contributed by atoms with Gasteiger partial charge in [0.05, 0.1) is 10.7 Å². The van der Waals surface area contributed by atoms with Crippen LogP contribution in [0.4, 0.5) is 5.69 Å². The number of hydrogen-bond donors (Lipinski definition) is 5. The molecule has 0 aromatic heterocycles. The summed E-state index contributed by atoms with van der Waals surface area (Å²) in [5, 5.41) is 37.1. The monoisotopic (exact) mass is 351 g/mol. The molecule has 0 unspecified atom stereocenters. The van der Waals surface area contributed by atoms with Crippen molar-refractivity contribution >= 4 is 34.9 Å². The zero-order valence-corrected chi connectivity index (χ0v) is 12.8. The summed E-state index contributed by atoms with van der Waals surface area (Å²) >= 11 is 11.4. The van der Waals surface area contributed by atoms with Crippen molar-refractivity contribution in [1.82, 2.24) is 0 Å². The fraction of sp³-hybridized carbons (Fsp3) is 0.462. The highest BCUT2D eigenvalue weighted by atomic mass is 35.5. The molecule has 9 heteroatoms. The quantitative estimate of drug-likeness (QED) is 0.219. The van der Waals surface area contributed by atoms with Crippen LogP contribution in [0.1, 0.15) is 12.8 Å². The predicted molar refractivity (Wildman–Crippen MR) is 78.5 cm³/mol. The Balaban J connectivity index is 2.16. The zero-order valence-electron chi connectivity index (χ0n) is 11.2. The van der Waals surface area contributed by atoms with Crippen molar-refractivity contribution in [1.29, 1.82) is 0 Å². The Kier molecular flexibility index (Phi) is 4.59. The molecule has 6 N–H and O–H groups in total. The summed E-state index contributed by atoms with van der Waals surface area (Å²) in [4.78, 5) is 12.1. The third-order valence-electron chi connectivity index (χ3n) is 3.56. The van der Waals surface area contributed by atoms with Crippen LogP contribution in [0.25, 0.3) is 0 Å². The van der Waals surface area contributed by atoms with Gasteiger partial charge in [-0.05, 0) is 12.1 Å². The van der Waals surface area contributed by atoms with Gasteiger partial charge in [0.25, 0.3) is 0 Å². The van der Waals surface area contributed by atoms with Crippen LogP contribution in [0.2, 0.25) is 5.02 Å².